The molecule has 1 rings (SSSR count). The monoisotopic (exact) mass is 236 g/mol. The summed E-state index contributed by atoms with van der Waals surface area (Å²) >= 11 is 4.13. The number of amides is 1. The average molecular weight is 236 g/mol. The van der Waals surface area contributed by atoms with Crippen molar-refractivity contribution in [2.75, 3.05) is 11.1 Å². The van der Waals surface area contributed by atoms with E-state index in [0.717, 1.165) is 23.4 Å². The van der Waals surface area contributed by atoms with Crippen LogP contribution >= 0.6 is 12.6 Å². The molecule has 0 saturated carbocycles. The number of hydrogen-bond acceptors (Lipinski definition) is 3. The minimum absolute atomic E-state index is 0.106. The molecule has 0 atom stereocenters. The molecule has 0 fully saturated rings. The van der Waals surface area contributed by atoms with Gasteiger partial charge in [-0.25, -0.2) is 4.98 Å². The molecule has 0 bridgehead atoms. The van der Waals surface area contributed by atoms with Crippen LogP contribution in [-0.4, -0.2) is 16.6 Å². The maximum atomic E-state index is 10.8. The predicted molar refractivity (Wildman–Crippen MR) is 70.8 cm³/mol. The first-order valence-corrected chi connectivity index (χ1v) is 5.79. The number of carbonyl (C=O) groups excluding carboxylic acids is 1. The lowest BCUT2D eigenvalue weighted by molar-refractivity contribution is -0.114. The molecule has 1 amide bonds. The van der Waals surface area contributed by atoms with Gasteiger partial charge in [0.05, 0.1) is 0 Å². The van der Waals surface area contributed by atoms with E-state index in [-0.39, 0.29) is 5.91 Å². The number of anilines is 1. The van der Waals surface area contributed by atoms with Gasteiger partial charge in [0.1, 0.15) is 5.82 Å². The van der Waals surface area contributed by atoms with Crippen molar-refractivity contribution in [2.45, 2.75) is 20.3 Å². The second-order valence-electron chi connectivity index (χ2n) is 3.47. The van der Waals surface area contributed by atoms with Gasteiger partial charge in [-0.15, -0.1) is 0 Å². The molecule has 1 aromatic rings. The number of nitrogens with one attached hydrogen (secondary N) is 1. The van der Waals surface area contributed by atoms with Crippen LogP contribution in [0.25, 0.3) is 6.08 Å². The summed E-state index contributed by atoms with van der Waals surface area (Å²) < 4.78 is 0. The van der Waals surface area contributed by atoms with Gasteiger partial charge in [0.25, 0.3) is 0 Å². The van der Waals surface area contributed by atoms with E-state index in [0.29, 0.717) is 5.82 Å². The van der Waals surface area contributed by atoms with E-state index in [1.807, 2.05) is 19.1 Å². The number of thiol groups is 1. The number of pyridine rings is 1. The molecule has 0 saturated heterocycles. The predicted octanol–water partition coefficient (Wildman–Crippen LogP) is 2.68. The van der Waals surface area contributed by atoms with Crippen LogP contribution in [-0.2, 0) is 4.79 Å². The first-order chi connectivity index (χ1) is 7.63. The SMILES string of the molecule is CC(=O)Nc1ccc(C=CCCS)c(C)n1. The summed E-state index contributed by atoms with van der Waals surface area (Å²) in [5.74, 6) is 1.33. The van der Waals surface area contributed by atoms with Crippen LogP contribution in [0.5, 0.6) is 0 Å². The van der Waals surface area contributed by atoms with E-state index >= 15 is 0 Å². The first-order valence-electron chi connectivity index (χ1n) is 5.16. The molecule has 0 aliphatic carbocycles. The molecule has 0 unspecified atom stereocenters. The summed E-state index contributed by atoms with van der Waals surface area (Å²) in [4.78, 5) is 15.1. The number of rotatable bonds is 4. The lowest BCUT2D eigenvalue weighted by atomic mass is 10.2. The van der Waals surface area contributed by atoms with Crippen molar-refractivity contribution in [3.63, 3.8) is 0 Å². The Hall–Kier alpha value is -1.29. The van der Waals surface area contributed by atoms with E-state index < -0.39 is 0 Å². The van der Waals surface area contributed by atoms with Gasteiger partial charge in [-0.3, -0.25) is 4.79 Å². The van der Waals surface area contributed by atoms with Crippen molar-refractivity contribution in [2.24, 2.45) is 0 Å². The molecule has 3 nitrogen and oxygen atoms in total. The van der Waals surface area contributed by atoms with Crippen LogP contribution < -0.4 is 5.32 Å². The second-order valence-corrected chi connectivity index (χ2v) is 3.91. The number of allylic oxidation sites excluding steroid dienone is 1. The molecule has 0 aromatic carbocycles. The second kappa shape index (κ2) is 6.33. The molecule has 0 radical (unpaired) electrons. The summed E-state index contributed by atoms with van der Waals surface area (Å²) in [6.45, 7) is 3.39. The third-order valence-electron chi connectivity index (χ3n) is 2.02. The molecular weight excluding hydrogens is 220 g/mol. The van der Waals surface area contributed by atoms with Gasteiger partial charge >= 0.3 is 0 Å². The highest BCUT2D eigenvalue weighted by atomic mass is 32.1. The van der Waals surface area contributed by atoms with Crippen LogP contribution in [0.2, 0.25) is 0 Å². The van der Waals surface area contributed by atoms with Gasteiger partial charge < -0.3 is 5.32 Å². The molecule has 0 aliphatic heterocycles. The topological polar surface area (TPSA) is 42.0 Å². The van der Waals surface area contributed by atoms with E-state index in [1.54, 1.807) is 6.07 Å². The fraction of sp³-hybridized carbons (Fsp3) is 0.333. The molecule has 86 valence electrons. The molecule has 4 heteroatoms. The average Bonchev–Trinajstić information content (AvgIpc) is 2.20. The number of aryl methyl sites for hydroxylation is 1. The van der Waals surface area contributed by atoms with Gasteiger partial charge in [0.15, 0.2) is 0 Å². The Morgan fingerprint density at radius 1 is 1.56 bits per heavy atom. The minimum Gasteiger partial charge on any atom is -0.311 e. The summed E-state index contributed by atoms with van der Waals surface area (Å²) in [6.07, 6.45) is 5.03. The van der Waals surface area contributed by atoms with Crippen LogP contribution in [0.1, 0.15) is 24.6 Å². The number of nitrogens with zero attached hydrogens (tertiary/aromatic N) is 1. The molecule has 1 N–H and O–H groups in total. The number of carbonyl (C=O) groups is 1. The summed E-state index contributed by atoms with van der Waals surface area (Å²) in [5, 5.41) is 2.65. The van der Waals surface area contributed by atoms with Crippen LogP contribution in [0.4, 0.5) is 5.82 Å². The Morgan fingerprint density at radius 3 is 2.88 bits per heavy atom. The van der Waals surface area contributed by atoms with Gasteiger partial charge in [-0.1, -0.05) is 12.2 Å². The van der Waals surface area contributed by atoms with E-state index in [1.165, 1.54) is 6.92 Å². The molecule has 0 aliphatic rings. The summed E-state index contributed by atoms with van der Waals surface area (Å²) in [7, 11) is 0. The normalized spacial score (nSPS) is 10.7. The van der Waals surface area contributed by atoms with Gasteiger partial charge in [0.2, 0.25) is 5.91 Å². The van der Waals surface area contributed by atoms with Crippen LogP contribution in [0.15, 0.2) is 18.2 Å². The maximum Gasteiger partial charge on any atom is 0.222 e. The Bertz CT molecular complexity index is 402. The highest BCUT2D eigenvalue weighted by Crippen LogP contribution is 2.12. The van der Waals surface area contributed by atoms with Crippen molar-refractivity contribution in [1.82, 2.24) is 4.98 Å². The van der Waals surface area contributed by atoms with Gasteiger partial charge in [0, 0.05) is 12.6 Å². The third-order valence-corrected chi connectivity index (χ3v) is 2.28. The van der Waals surface area contributed by atoms with Crippen LogP contribution in [0, 0.1) is 6.92 Å². The number of hydrogen-bond donors (Lipinski definition) is 2. The third kappa shape index (κ3) is 4.06. The van der Waals surface area contributed by atoms with E-state index in [9.17, 15) is 4.79 Å². The quantitative estimate of drug-likeness (QED) is 0.789. The Morgan fingerprint density at radius 2 is 2.31 bits per heavy atom. The van der Waals surface area contributed by atoms with Crippen molar-refractivity contribution >= 4 is 30.4 Å². The molecule has 16 heavy (non-hydrogen) atoms. The maximum absolute atomic E-state index is 10.8. The zero-order chi connectivity index (χ0) is 12.0. The van der Waals surface area contributed by atoms with Crippen LogP contribution in [0.3, 0.4) is 0 Å². The molecule has 1 heterocycles. The zero-order valence-corrected chi connectivity index (χ0v) is 10.4. The van der Waals surface area contributed by atoms with Crippen molar-refractivity contribution in [3.8, 4) is 0 Å². The first kappa shape index (κ1) is 12.8. The van der Waals surface area contributed by atoms with E-state index in [2.05, 4.69) is 29.0 Å². The lowest BCUT2D eigenvalue weighted by Gasteiger charge is -2.04. The Labute approximate surface area is 101 Å². The fourth-order valence-corrected chi connectivity index (χ4v) is 1.43. The van der Waals surface area contributed by atoms with Gasteiger partial charge in [-0.2, -0.15) is 12.6 Å². The number of aromatic nitrogens is 1. The highest BCUT2D eigenvalue weighted by molar-refractivity contribution is 7.80. The fourth-order valence-electron chi connectivity index (χ4n) is 1.28. The largest absolute Gasteiger partial charge is 0.311 e. The summed E-state index contributed by atoms with van der Waals surface area (Å²) in [6, 6.07) is 3.75. The molecule has 1 aromatic heterocycles. The van der Waals surface area contributed by atoms with Gasteiger partial charge in [-0.05, 0) is 36.8 Å². The molecular formula is C12H16N2OS. The Kier molecular flexibility index (Phi) is 5.05. The standard InChI is InChI=1S/C12H16N2OS/c1-9-11(5-3-4-8-16)6-7-12(13-9)14-10(2)15/h3,5-7,16H,4,8H2,1-2H3,(H,13,14,15). The lowest BCUT2D eigenvalue weighted by Crippen LogP contribution is -2.08. The van der Waals surface area contributed by atoms with E-state index in [4.69, 9.17) is 0 Å². The molecule has 0 spiro atoms. The highest BCUT2D eigenvalue weighted by Gasteiger charge is 2.00. The summed E-state index contributed by atoms with van der Waals surface area (Å²) in [5.41, 5.74) is 1.97. The van der Waals surface area contributed by atoms with Crippen molar-refractivity contribution in [1.29, 1.82) is 0 Å². The zero-order valence-electron chi connectivity index (χ0n) is 9.53. The van der Waals surface area contributed by atoms with Crippen molar-refractivity contribution < 1.29 is 4.79 Å². The smallest absolute Gasteiger partial charge is 0.222 e. The minimum atomic E-state index is -0.106. The Balaban J connectivity index is 2.79. The van der Waals surface area contributed by atoms with Crippen molar-refractivity contribution in [3.05, 3.63) is 29.5 Å².